The first kappa shape index (κ1) is 21.6. The van der Waals surface area contributed by atoms with Crippen LogP contribution < -0.4 is 0 Å². The van der Waals surface area contributed by atoms with Crippen LogP contribution in [-0.2, 0) is 16.0 Å². The largest absolute Gasteiger partial charge is 0.419 e. The van der Waals surface area contributed by atoms with Crippen molar-refractivity contribution in [2.45, 2.75) is 18.3 Å². The van der Waals surface area contributed by atoms with Crippen molar-refractivity contribution in [1.82, 2.24) is 28.3 Å². The first-order chi connectivity index (χ1) is 14.5. The molecule has 0 aliphatic rings. The molecule has 0 aliphatic carbocycles. The van der Waals surface area contributed by atoms with Crippen molar-refractivity contribution >= 4 is 44.7 Å². The molecule has 0 aliphatic heterocycles. The van der Waals surface area contributed by atoms with Gasteiger partial charge in [0.15, 0.2) is 23.0 Å². The molecule has 4 heterocycles. The summed E-state index contributed by atoms with van der Waals surface area (Å²) in [4.78, 5) is 15.5. The third-order valence-corrected chi connectivity index (χ3v) is 6.22. The number of fused-ring (bicyclic) bond motifs is 1. The van der Waals surface area contributed by atoms with E-state index in [0.29, 0.717) is 22.7 Å². The minimum Gasteiger partial charge on any atom is -0.246 e. The molecule has 0 amide bonds. The number of alkyl halides is 3. The fourth-order valence-electron chi connectivity index (χ4n) is 2.79. The second-order valence-corrected chi connectivity index (χ2v) is 9.53. The number of rotatable bonds is 4. The van der Waals surface area contributed by atoms with Crippen LogP contribution in [-0.4, -0.2) is 43.0 Å². The van der Waals surface area contributed by atoms with Gasteiger partial charge in [-0.3, -0.25) is 0 Å². The van der Waals surface area contributed by atoms with E-state index in [1.165, 1.54) is 12.1 Å². The summed E-state index contributed by atoms with van der Waals surface area (Å²) in [6.45, 7) is 1.68. The zero-order valence-corrected chi connectivity index (χ0v) is 18.0. The Morgan fingerprint density at radius 3 is 2.48 bits per heavy atom. The standard InChI is InChI=1S/C16H10F4N6O2S3/c1-7-22-14(29-25-7)11-4-3-8-9(6-26(30-20)13(8)23-11)12-10(16(17,18)19)5-21-15(24-12)31(2,27)28/h3-6H,1-2H3. The van der Waals surface area contributed by atoms with Gasteiger partial charge in [-0.15, -0.1) is 3.89 Å². The zero-order chi connectivity index (χ0) is 22.6. The van der Waals surface area contributed by atoms with Gasteiger partial charge in [-0.25, -0.2) is 32.3 Å². The second-order valence-electron chi connectivity index (χ2n) is 6.34. The molecule has 0 saturated carbocycles. The Morgan fingerprint density at radius 2 is 1.90 bits per heavy atom. The summed E-state index contributed by atoms with van der Waals surface area (Å²) in [5, 5.41) is -0.188. The molecule has 0 N–H and O–H groups in total. The quantitative estimate of drug-likeness (QED) is 0.311. The lowest BCUT2D eigenvalue weighted by molar-refractivity contribution is -0.137. The molecular formula is C16H10F4N6O2S3. The fourth-order valence-corrected chi connectivity index (χ4v) is 4.28. The van der Waals surface area contributed by atoms with E-state index in [2.05, 4.69) is 24.3 Å². The minimum atomic E-state index is -4.87. The summed E-state index contributed by atoms with van der Waals surface area (Å²) in [6, 6.07) is 2.95. The molecule has 0 radical (unpaired) electrons. The van der Waals surface area contributed by atoms with Crippen molar-refractivity contribution in [2.24, 2.45) is 0 Å². The van der Waals surface area contributed by atoms with Gasteiger partial charge in [0, 0.05) is 29.6 Å². The third-order valence-electron chi connectivity index (χ3n) is 4.10. The first-order valence-corrected chi connectivity index (χ1v) is 11.6. The maximum absolute atomic E-state index is 13.6. The van der Waals surface area contributed by atoms with E-state index in [0.717, 1.165) is 28.0 Å². The Balaban J connectivity index is 2.00. The van der Waals surface area contributed by atoms with Crippen molar-refractivity contribution in [2.75, 3.05) is 6.26 Å². The summed E-state index contributed by atoms with van der Waals surface area (Å²) in [5.74, 6) is 0.516. The van der Waals surface area contributed by atoms with Gasteiger partial charge in [-0.1, -0.05) is 0 Å². The molecule has 4 aromatic rings. The van der Waals surface area contributed by atoms with Crippen molar-refractivity contribution in [1.29, 1.82) is 0 Å². The molecular weight excluding hydrogens is 480 g/mol. The van der Waals surface area contributed by atoms with Crippen LogP contribution >= 0.6 is 23.9 Å². The van der Waals surface area contributed by atoms with Crippen LogP contribution in [0, 0.1) is 6.92 Å². The molecule has 4 rings (SSSR count). The van der Waals surface area contributed by atoms with Crippen LogP contribution in [0.3, 0.4) is 0 Å². The number of hydrogen-bond acceptors (Lipinski definition) is 9. The van der Waals surface area contributed by atoms with Crippen LogP contribution in [0.15, 0.2) is 29.7 Å². The molecule has 0 fully saturated rings. The maximum atomic E-state index is 13.6. The lowest BCUT2D eigenvalue weighted by atomic mass is 10.1. The summed E-state index contributed by atoms with van der Waals surface area (Å²) in [7, 11) is -3.99. The van der Waals surface area contributed by atoms with E-state index in [1.807, 2.05) is 0 Å². The van der Waals surface area contributed by atoms with Gasteiger partial charge in [0.1, 0.15) is 17.1 Å². The van der Waals surface area contributed by atoms with Gasteiger partial charge >= 0.3 is 6.18 Å². The monoisotopic (exact) mass is 490 g/mol. The van der Waals surface area contributed by atoms with E-state index in [4.69, 9.17) is 0 Å². The predicted octanol–water partition coefficient (Wildman–Crippen LogP) is 4.12. The summed E-state index contributed by atoms with van der Waals surface area (Å²) in [5.41, 5.74) is -1.73. The number of sulfone groups is 1. The smallest absolute Gasteiger partial charge is 0.246 e. The minimum absolute atomic E-state index is 0.0143. The van der Waals surface area contributed by atoms with Crippen LogP contribution in [0.25, 0.3) is 33.0 Å². The van der Waals surface area contributed by atoms with E-state index in [9.17, 15) is 25.5 Å². The summed E-state index contributed by atoms with van der Waals surface area (Å²) >= 11 is 0.793. The van der Waals surface area contributed by atoms with Crippen molar-refractivity contribution in [3.63, 3.8) is 0 Å². The normalized spacial score (nSPS) is 12.6. The lowest BCUT2D eigenvalue weighted by Crippen LogP contribution is -2.13. The van der Waals surface area contributed by atoms with Gasteiger partial charge < -0.3 is 0 Å². The Hall–Kier alpha value is -2.65. The molecule has 31 heavy (non-hydrogen) atoms. The molecule has 15 heteroatoms. The number of nitrogens with zero attached hydrogens (tertiary/aromatic N) is 6. The van der Waals surface area contributed by atoms with Gasteiger partial charge in [-0.2, -0.15) is 17.5 Å². The van der Waals surface area contributed by atoms with Crippen LogP contribution in [0.1, 0.15) is 11.4 Å². The average molecular weight is 490 g/mol. The van der Waals surface area contributed by atoms with E-state index >= 15 is 0 Å². The van der Waals surface area contributed by atoms with Crippen LogP contribution in [0.5, 0.6) is 0 Å². The molecule has 0 unspecified atom stereocenters. The highest BCUT2D eigenvalue weighted by atomic mass is 32.2. The van der Waals surface area contributed by atoms with Crippen LogP contribution in [0.2, 0.25) is 0 Å². The van der Waals surface area contributed by atoms with E-state index < -0.39 is 32.4 Å². The molecule has 8 nitrogen and oxygen atoms in total. The molecule has 0 aromatic carbocycles. The fraction of sp³-hybridized carbons (Fsp3) is 0.188. The number of hydrogen-bond donors (Lipinski definition) is 0. The number of aromatic nitrogens is 6. The Kier molecular flexibility index (Phi) is 5.21. The first-order valence-electron chi connectivity index (χ1n) is 8.25. The van der Waals surface area contributed by atoms with Crippen molar-refractivity contribution in [3.8, 4) is 22.0 Å². The van der Waals surface area contributed by atoms with E-state index in [-0.39, 0.29) is 28.9 Å². The molecule has 0 bridgehead atoms. The average Bonchev–Trinajstić information content (AvgIpc) is 3.29. The number of aryl methyl sites for hydroxylation is 1. The number of halogens is 4. The van der Waals surface area contributed by atoms with Crippen molar-refractivity contribution in [3.05, 3.63) is 35.9 Å². The summed E-state index contributed by atoms with van der Waals surface area (Å²) in [6.07, 6.45) is -2.63. The van der Waals surface area contributed by atoms with Gasteiger partial charge in [-0.05, 0) is 30.6 Å². The second kappa shape index (κ2) is 7.49. The van der Waals surface area contributed by atoms with Gasteiger partial charge in [0.05, 0.1) is 5.69 Å². The molecule has 0 saturated heterocycles. The van der Waals surface area contributed by atoms with Gasteiger partial charge in [0.2, 0.25) is 15.0 Å². The van der Waals surface area contributed by atoms with Crippen molar-refractivity contribution < 1.29 is 25.5 Å². The Bertz CT molecular complexity index is 1410. The topological polar surface area (TPSA) is 104 Å². The Labute approximate surface area is 180 Å². The molecule has 162 valence electrons. The van der Waals surface area contributed by atoms with E-state index in [1.54, 1.807) is 6.92 Å². The molecule has 0 spiro atoms. The molecule has 0 atom stereocenters. The predicted molar refractivity (Wildman–Crippen MR) is 107 cm³/mol. The molecule has 4 aromatic heterocycles. The summed E-state index contributed by atoms with van der Waals surface area (Å²) < 4.78 is 82.9. The van der Waals surface area contributed by atoms with Gasteiger partial charge in [0.25, 0.3) is 0 Å². The zero-order valence-electron chi connectivity index (χ0n) is 15.5. The van der Waals surface area contributed by atoms with Crippen LogP contribution in [0.4, 0.5) is 17.1 Å². The maximum Gasteiger partial charge on any atom is 0.419 e. The highest BCUT2D eigenvalue weighted by molar-refractivity contribution is 7.92. The highest BCUT2D eigenvalue weighted by Gasteiger charge is 2.37. The SMILES string of the molecule is Cc1nsc(-c2ccc3c(-c4nc(S(C)(=O)=O)ncc4C(F)(F)F)cn(SF)c3n2)n1. The Morgan fingerprint density at radius 1 is 1.16 bits per heavy atom. The lowest BCUT2D eigenvalue weighted by Gasteiger charge is -2.12. The third kappa shape index (κ3) is 3.99. The number of pyridine rings is 1. The highest BCUT2D eigenvalue weighted by Crippen LogP contribution is 2.40.